The summed E-state index contributed by atoms with van der Waals surface area (Å²) in [6, 6.07) is 5.68. The van der Waals surface area contributed by atoms with Crippen LogP contribution in [-0.2, 0) is 23.9 Å². The Balaban J connectivity index is 1.30. The average Bonchev–Trinajstić information content (AvgIpc) is 3.85. The topological polar surface area (TPSA) is 109 Å². The van der Waals surface area contributed by atoms with Gasteiger partial charge in [-0.05, 0) is 62.6 Å². The van der Waals surface area contributed by atoms with Crippen LogP contribution in [-0.4, -0.2) is 76.9 Å². The summed E-state index contributed by atoms with van der Waals surface area (Å²) in [4.78, 5) is 44.0. The van der Waals surface area contributed by atoms with Crippen LogP contribution >= 0.6 is 0 Å². The molecule has 4 aliphatic rings. The van der Waals surface area contributed by atoms with Crippen LogP contribution in [0.2, 0.25) is 0 Å². The standard InChI is InChI=1S/C32H46N4O6/c1-21-31(38)35(14-7-15-40-2)28-17-26(12-13-29(28)42-21)36(25-10-11-25)32(39)24-16-23(18-33-19-24)30(37)34-27(20-41-3)22-8-5-4-6-9-22/h12-13,17,22-25,27,33H,1,4-11,14-16,18-20H2,2-3H3,(H,34,37)/t23-,24+,27-/m0/s1. The van der Waals surface area contributed by atoms with Gasteiger partial charge in [0.2, 0.25) is 11.8 Å². The van der Waals surface area contributed by atoms with E-state index in [1.165, 1.54) is 19.3 Å². The molecule has 230 valence electrons. The fraction of sp³-hybridized carbons (Fsp3) is 0.656. The van der Waals surface area contributed by atoms with Crippen molar-refractivity contribution in [2.24, 2.45) is 17.8 Å². The number of anilines is 2. The first-order chi connectivity index (χ1) is 20.4. The molecule has 3 amide bonds. The molecule has 42 heavy (non-hydrogen) atoms. The van der Waals surface area contributed by atoms with Crippen LogP contribution in [0.15, 0.2) is 30.5 Å². The zero-order valence-corrected chi connectivity index (χ0v) is 25.1. The highest BCUT2D eigenvalue weighted by Crippen LogP contribution is 2.41. The van der Waals surface area contributed by atoms with Crippen molar-refractivity contribution in [1.82, 2.24) is 10.6 Å². The summed E-state index contributed by atoms with van der Waals surface area (Å²) in [6.07, 6.45) is 8.90. The maximum atomic E-state index is 14.1. The van der Waals surface area contributed by atoms with Crippen LogP contribution < -0.4 is 25.2 Å². The number of nitrogens with zero attached hydrogens (tertiary/aromatic N) is 2. The third-order valence-corrected chi connectivity index (χ3v) is 9.07. The highest BCUT2D eigenvalue weighted by molar-refractivity contribution is 6.08. The Morgan fingerprint density at radius 3 is 2.60 bits per heavy atom. The van der Waals surface area contributed by atoms with Gasteiger partial charge >= 0.3 is 0 Å². The molecule has 0 bridgehead atoms. The number of hydrogen-bond acceptors (Lipinski definition) is 7. The molecular weight excluding hydrogens is 536 g/mol. The van der Waals surface area contributed by atoms with E-state index in [0.717, 1.165) is 31.4 Å². The number of hydrogen-bond donors (Lipinski definition) is 2. The maximum Gasteiger partial charge on any atom is 0.293 e. The van der Waals surface area contributed by atoms with E-state index in [-0.39, 0.29) is 47.4 Å². The molecule has 1 aromatic carbocycles. The number of fused-ring (bicyclic) bond motifs is 1. The van der Waals surface area contributed by atoms with E-state index in [0.29, 0.717) is 63.0 Å². The molecule has 1 saturated heterocycles. The zero-order chi connectivity index (χ0) is 29.6. The number of carbonyl (C=O) groups is 3. The van der Waals surface area contributed by atoms with E-state index in [9.17, 15) is 14.4 Å². The molecule has 2 N–H and O–H groups in total. The van der Waals surface area contributed by atoms with Crippen LogP contribution in [0.4, 0.5) is 11.4 Å². The molecule has 1 aromatic rings. The Morgan fingerprint density at radius 1 is 1.12 bits per heavy atom. The highest BCUT2D eigenvalue weighted by Gasteiger charge is 2.41. The summed E-state index contributed by atoms with van der Waals surface area (Å²) >= 11 is 0. The lowest BCUT2D eigenvalue weighted by molar-refractivity contribution is -0.129. The average molecular weight is 583 g/mol. The number of benzene rings is 1. The predicted octanol–water partition coefficient (Wildman–Crippen LogP) is 3.39. The Bertz CT molecular complexity index is 1150. The quantitative estimate of drug-likeness (QED) is 0.287. The van der Waals surface area contributed by atoms with E-state index >= 15 is 0 Å². The van der Waals surface area contributed by atoms with Crippen molar-refractivity contribution in [3.8, 4) is 5.75 Å². The fourth-order valence-corrected chi connectivity index (χ4v) is 6.67. The molecular formula is C32H46N4O6. The minimum absolute atomic E-state index is 0.00182. The van der Waals surface area contributed by atoms with Gasteiger partial charge < -0.3 is 34.6 Å². The van der Waals surface area contributed by atoms with Crippen molar-refractivity contribution in [2.45, 2.75) is 69.9 Å². The van der Waals surface area contributed by atoms with Gasteiger partial charge in [-0.1, -0.05) is 25.8 Å². The second-order valence-corrected chi connectivity index (χ2v) is 12.2. The predicted molar refractivity (Wildman–Crippen MR) is 160 cm³/mol. The summed E-state index contributed by atoms with van der Waals surface area (Å²) in [6.45, 7) is 6.36. The van der Waals surface area contributed by atoms with Gasteiger partial charge in [-0.2, -0.15) is 0 Å². The van der Waals surface area contributed by atoms with Gasteiger partial charge in [-0.15, -0.1) is 0 Å². The van der Waals surface area contributed by atoms with Gasteiger partial charge in [0, 0.05) is 52.2 Å². The lowest BCUT2D eigenvalue weighted by Crippen LogP contribution is -2.52. The van der Waals surface area contributed by atoms with Gasteiger partial charge in [0.25, 0.3) is 5.91 Å². The molecule has 0 radical (unpaired) electrons. The van der Waals surface area contributed by atoms with Gasteiger partial charge in [-0.25, -0.2) is 0 Å². The van der Waals surface area contributed by atoms with Crippen LogP contribution in [0, 0.1) is 17.8 Å². The molecule has 0 unspecified atom stereocenters. The smallest absolute Gasteiger partial charge is 0.293 e. The number of nitrogens with one attached hydrogen (secondary N) is 2. The third kappa shape index (κ3) is 6.98. The van der Waals surface area contributed by atoms with Crippen molar-refractivity contribution in [3.05, 3.63) is 30.5 Å². The SMILES string of the molecule is C=C1Oc2ccc(N(C(=O)[C@H]3CNC[C@@H](C(=O)N[C@@H](COC)C4CCCCC4)C3)C3CC3)cc2N(CCCOC)C1=O. The number of methoxy groups -OCH3 is 2. The van der Waals surface area contributed by atoms with Gasteiger partial charge in [0.1, 0.15) is 0 Å². The third-order valence-electron chi connectivity index (χ3n) is 9.07. The van der Waals surface area contributed by atoms with Gasteiger partial charge in [-0.3, -0.25) is 14.4 Å². The van der Waals surface area contributed by atoms with Gasteiger partial charge in [0.15, 0.2) is 11.5 Å². The molecule has 2 aliphatic carbocycles. The highest BCUT2D eigenvalue weighted by atomic mass is 16.5. The lowest BCUT2D eigenvalue weighted by atomic mass is 9.83. The van der Waals surface area contributed by atoms with Crippen molar-refractivity contribution >= 4 is 29.1 Å². The second-order valence-electron chi connectivity index (χ2n) is 12.2. The summed E-state index contributed by atoms with van der Waals surface area (Å²) in [7, 11) is 3.32. The van der Waals surface area contributed by atoms with E-state index in [1.54, 1.807) is 19.1 Å². The first-order valence-electron chi connectivity index (χ1n) is 15.6. The fourth-order valence-electron chi connectivity index (χ4n) is 6.67. The molecule has 5 rings (SSSR count). The number of amides is 3. The molecule has 0 aromatic heterocycles. The van der Waals surface area contributed by atoms with Crippen molar-refractivity contribution < 1.29 is 28.6 Å². The second kappa shape index (κ2) is 14.0. The number of piperidine rings is 1. The maximum absolute atomic E-state index is 14.1. The number of rotatable bonds is 12. The van der Waals surface area contributed by atoms with Crippen LogP contribution in [0.5, 0.6) is 5.75 Å². The normalized spacial score (nSPS) is 23.6. The van der Waals surface area contributed by atoms with Crippen LogP contribution in [0.25, 0.3) is 0 Å². The molecule has 10 heteroatoms. The monoisotopic (exact) mass is 582 g/mol. The molecule has 3 fully saturated rings. The van der Waals surface area contributed by atoms with E-state index in [1.807, 2.05) is 23.1 Å². The molecule has 0 spiro atoms. The minimum atomic E-state index is -0.322. The molecule has 2 aliphatic heterocycles. The Labute approximate surface area is 249 Å². The number of carbonyl (C=O) groups excluding carboxylic acids is 3. The van der Waals surface area contributed by atoms with E-state index in [2.05, 4.69) is 17.2 Å². The van der Waals surface area contributed by atoms with E-state index in [4.69, 9.17) is 14.2 Å². The van der Waals surface area contributed by atoms with Crippen molar-refractivity contribution in [2.75, 3.05) is 56.9 Å². The Morgan fingerprint density at radius 2 is 1.88 bits per heavy atom. The first-order valence-corrected chi connectivity index (χ1v) is 15.6. The van der Waals surface area contributed by atoms with E-state index < -0.39 is 0 Å². The van der Waals surface area contributed by atoms with Crippen LogP contribution in [0.3, 0.4) is 0 Å². The largest absolute Gasteiger partial charge is 0.450 e. The minimum Gasteiger partial charge on any atom is -0.450 e. The number of ether oxygens (including phenoxy) is 3. The van der Waals surface area contributed by atoms with Crippen molar-refractivity contribution in [3.63, 3.8) is 0 Å². The zero-order valence-electron chi connectivity index (χ0n) is 25.1. The van der Waals surface area contributed by atoms with Crippen LogP contribution in [0.1, 0.15) is 57.8 Å². The first kappa shape index (κ1) is 30.5. The van der Waals surface area contributed by atoms with Gasteiger partial charge in [0.05, 0.1) is 30.2 Å². The Hall–Kier alpha value is -2.95. The van der Waals surface area contributed by atoms with Crippen molar-refractivity contribution in [1.29, 1.82) is 0 Å². The molecule has 2 heterocycles. The lowest BCUT2D eigenvalue weighted by Gasteiger charge is -2.36. The molecule has 2 saturated carbocycles. The summed E-state index contributed by atoms with van der Waals surface area (Å²) < 4.78 is 16.4. The summed E-state index contributed by atoms with van der Waals surface area (Å²) in [5.74, 6) is 0.188. The molecule has 3 atom stereocenters. The molecule has 10 nitrogen and oxygen atoms in total. The summed E-state index contributed by atoms with van der Waals surface area (Å²) in [5, 5.41) is 6.64. The Kier molecular flexibility index (Phi) is 10.2. The summed E-state index contributed by atoms with van der Waals surface area (Å²) in [5.41, 5.74) is 1.37.